The molecular formula is C23H21N2S2+. The Morgan fingerprint density at radius 2 is 1.85 bits per heavy atom. The Bertz CT molecular complexity index is 1070. The van der Waals surface area contributed by atoms with E-state index in [0.29, 0.717) is 0 Å². The van der Waals surface area contributed by atoms with Crippen molar-refractivity contribution in [1.82, 2.24) is 0 Å². The summed E-state index contributed by atoms with van der Waals surface area (Å²) >= 11 is 3.60. The second-order valence-electron chi connectivity index (χ2n) is 6.02. The minimum atomic E-state index is 0.973. The number of para-hydroxylation sites is 2. The molecule has 2 heterocycles. The number of aryl methyl sites for hydroxylation is 1. The van der Waals surface area contributed by atoms with Crippen LogP contribution in [-0.2, 0) is 6.54 Å². The summed E-state index contributed by atoms with van der Waals surface area (Å²) in [5.74, 6) is 0. The summed E-state index contributed by atoms with van der Waals surface area (Å²) in [6, 6.07) is 17.0. The number of rotatable bonds is 5. The Morgan fingerprint density at radius 3 is 2.70 bits per heavy atom. The van der Waals surface area contributed by atoms with Crippen LogP contribution in [0.4, 0.5) is 5.69 Å². The Labute approximate surface area is 168 Å². The van der Waals surface area contributed by atoms with E-state index in [-0.39, 0.29) is 0 Å². The molecule has 1 aliphatic rings. The zero-order valence-corrected chi connectivity index (χ0v) is 16.8. The molecule has 4 heteroatoms. The van der Waals surface area contributed by atoms with Gasteiger partial charge in [-0.1, -0.05) is 72.2 Å². The summed E-state index contributed by atoms with van der Waals surface area (Å²) < 4.78 is 3.68. The lowest BCUT2D eigenvalue weighted by Crippen LogP contribution is -2.33. The molecule has 134 valence electrons. The highest BCUT2D eigenvalue weighted by atomic mass is 32.2. The highest BCUT2D eigenvalue weighted by Gasteiger charge is 2.21. The number of allylic oxidation sites excluding steroid dienone is 4. The molecule has 0 saturated heterocycles. The highest BCUT2D eigenvalue weighted by molar-refractivity contribution is 8.03. The van der Waals surface area contributed by atoms with Gasteiger partial charge in [0.05, 0.1) is 10.7 Å². The van der Waals surface area contributed by atoms with E-state index in [2.05, 4.69) is 102 Å². The van der Waals surface area contributed by atoms with E-state index in [1.165, 1.54) is 30.8 Å². The van der Waals surface area contributed by atoms with Crippen LogP contribution in [-0.4, -0.2) is 0 Å². The van der Waals surface area contributed by atoms with E-state index < -0.39 is 0 Å². The van der Waals surface area contributed by atoms with Gasteiger partial charge in [-0.15, -0.1) is 0 Å². The predicted octanol–water partition coefficient (Wildman–Crippen LogP) is 6.38. The van der Waals surface area contributed by atoms with E-state index >= 15 is 0 Å². The van der Waals surface area contributed by atoms with E-state index in [9.17, 15) is 0 Å². The third kappa shape index (κ3) is 3.51. The Balaban J connectivity index is 1.52. The van der Waals surface area contributed by atoms with Crippen LogP contribution in [0.3, 0.4) is 0 Å². The molecule has 1 aromatic heterocycles. The maximum atomic E-state index is 3.95. The first kappa shape index (κ1) is 17.8. The van der Waals surface area contributed by atoms with E-state index in [1.807, 2.05) is 17.5 Å². The Kier molecular flexibility index (Phi) is 5.28. The van der Waals surface area contributed by atoms with E-state index in [0.717, 1.165) is 6.54 Å². The largest absolute Gasteiger partial charge is 0.311 e. The second-order valence-corrected chi connectivity index (χ2v) is 8.15. The van der Waals surface area contributed by atoms with Crippen LogP contribution >= 0.6 is 23.1 Å². The summed E-state index contributed by atoms with van der Waals surface area (Å²) in [6.45, 7) is 7.11. The molecule has 4 rings (SSSR count). The number of anilines is 1. The maximum absolute atomic E-state index is 3.95. The lowest BCUT2D eigenvalue weighted by molar-refractivity contribution is -0.665. The van der Waals surface area contributed by atoms with Crippen LogP contribution in [0, 0.1) is 0 Å². The Hall–Kier alpha value is -2.56. The van der Waals surface area contributed by atoms with Crippen molar-refractivity contribution >= 4 is 45.1 Å². The number of nitrogens with zero attached hydrogens (tertiary/aromatic N) is 2. The molecule has 0 spiro atoms. The van der Waals surface area contributed by atoms with Gasteiger partial charge < -0.3 is 4.90 Å². The summed E-state index contributed by atoms with van der Waals surface area (Å²) in [7, 11) is 0. The van der Waals surface area contributed by atoms with Crippen molar-refractivity contribution in [3.8, 4) is 0 Å². The molecule has 0 unspecified atom stereocenters. The molecule has 0 radical (unpaired) electrons. The van der Waals surface area contributed by atoms with Crippen LogP contribution in [0.25, 0.3) is 16.3 Å². The van der Waals surface area contributed by atoms with Crippen LogP contribution in [0.1, 0.15) is 11.9 Å². The molecule has 3 aromatic rings. The van der Waals surface area contributed by atoms with Gasteiger partial charge in [-0.25, -0.2) is 0 Å². The van der Waals surface area contributed by atoms with Gasteiger partial charge in [-0.2, -0.15) is 4.57 Å². The van der Waals surface area contributed by atoms with Crippen molar-refractivity contribution in [1.29, 1.82) is 0 Å². The first-order chi connectivity index (χ1) is 13.3. The van der Waals surface area contributed by atoms with Gasteiger partial charge in [0.15, 0.2) is 0 Å². The van der Waals surface area contributed by atoms with Crippen molar-refractivity contribution in [3.05, 3.63) is 95.7 Å². The third-order valence-corrected chi connectivity index (χ3v) is 6.65. The molecule has 0 atom stereocenters. The van der Waals surface area contributed by atoms with Crippen LogP contribution in [0.2, 0.25) is 0 Å². The molecule has 1 aliphatic heterocycles. The van der Waals surface area contributed by atoms with E-state index in [1.54, 1.807) is 11.8 Å². The molecule has 0 bridgehead atoms. The standard InChI is InChI=1S/C23H21N2S2/c1-3-24-18-12-8-10-14-20(18)26-22(24)16-6-5-7-17-23-25(4-2)19-13-9-11-15-21(19)27-23/h3,5-17H,1,4H2,2H3/q+1. The number of hydrogen-bond acceptors (Lipinski definition) is 3. The number of fused-ring (bicyclic) bond motifs is 2. The van der Waals surface area contributed by atoms with Gasteiger partial charge in [0.2, 0.25) is 5.52 Å². The zero-order chi connectivity index (χ0) is 18.6. The third-order valence-electron chi connectivity index (χ3n) is 4.41. The zero-order valence-electron chi connectivity index (χ0n) is 15.2. The summed E-state index contributed by atoms with van der Waals surface area (Å²) in [4.78, 5) is 3.40. The number of hydrogen-bond donors (Lipinski definition) is 0. The lowest BCUT2D eigenvalue weighted by atomic mass is 10.3. The highest BCUT2D eigenvalue weighted by Crippen LogP contribution is 2.45. The quantitative estimate of drug-likeness (QED) is 0.369. The Morgan fingerprint density at radius 1 is 1.04 bits per heavy atom. The van der Waals surface area contributed by atoms with Crippen LogP contribution < -0.4 is 9.47 Å². The fourth-order valence-electron chi connectivity index (χ4n) is 3.17. The average Bonchev–Trinajstić information content (AvgIpc) is 3.24. The van der Waals surface area contributed by atoms with Crippen molar-refractivity contribution < 1.29 is 4.57 Å². The average molecular weight is 390 g/mol. The summed E-state index contributed by atoms with van der Waals surface area (Å²) in [5.41, 5.74) is 2.50. The van der Waals surface area contributed by atoms with Crippen molar-refractivity contribution in [2.45, 2.75) is 18.4 Å². The van der Waals surface area contributed by atoms with Gasteiger partial charge in [0.25, 0.3) is 5.01 Å². The number of benzene rings is 2. The number of aromatic nitrogens is 1. The van der Waals surface area contributed by atoms with Gasteiger partial charge in [-0.3, -0.25) is 0 Å². The molecule has 0 saturated carbocycles. The van der Waals surface area contributed by atoms with Gasteiger partial charge in [-0.05, 0) is 31.2 Å². The molecular weight excluding hydrogens is 368 g/mol. The van der Waals surface area contributed by atoms with Gasteiger partial charge in [0.1, 0.15) is 11.2 Å². The molecule has 2 nitrogen and oxygen atoms in total. The monoisotopic (exact) mass is 389 g/mol. The minimum Gasteiger partial charge on any atom is -0.311 e. The van der Waals surface area contributed by atoms with E-state index in [4.69, 9.17) is 0 Å². The molecule has 0 amide bonds. The molecule has 0 aliphatic carbocycles. The normalized spacial score (nSPS) is 15.4. The van der Waals surface area contributed by atoms with Gasteiger partial charge in [0, 0.05) is 23.2 Å². The van der Waals surface area contributed by atoms with Crippen molar-refractivity contribution in [3.63, 3.8) is 0 Å². The minimum absolute atomic E-state index is 0.973. The van der Waals surface area contributed by atoms with Crippen LogP contribution in [0.15, 0.2) is 95.5 Å². The first-order valence-electron chi connectivity index (χ1n) is 8.97. The van der Waals surface area contributed by atoms with Gasteiger partial charge >= 0.3 is 0 Å². The van der Waals surface area contributed by atoms with Crippen molar-refractivity contribution in [2.75, 3.05) is 4.90 Å². The number of thioether (sulfide) groups is 1. The molecule has 27 heavy (non-hydrogen) atoms. The van der Waals surface area contributed by atoms with Crippen LogP contribution in [0.5, 0.6) is 0 Å². The lowest BCUT2D eigenvalue weighted by Gasteiger charge is -2.13. The molecule has 0 N–H and O–H groups in total. The summed E-state index contributed by atoms with van der Waals surface area (Å²) in [6.07, 6.45) is 12.5. The molecule has 0 fully saturated rings. The second kappa shape index (κ2) is 7.99. The maximum Gasteiger partial charge on any atom is 0.262 e. The number of thiazole rings is 1. The first-order valence-corrected chi connectivity index (χ1v) is 10.6. The SMILES string of the molecule is C=CN1C(=CC=CC=Cc2sc3ccccc3[n+]2CC)Sc2ccccc21. The summed E-state index contributed by atoms with van der Waals surface area (Å²) in [5, 5.41) is 2.44. The van der Waals surface area contributed by atoms with Crippen molar-refractivity contribution in [2.24, 2.45) is 0 Å². The smallest absolute Gasteiger partial charge is 0.262 e. The fourth-order valence-corrected chi connectivity index (χ4v) is 5.37. The molecule has 2 aromatic carbocycles. The fraction of sp³-hybridized carbons (Fsp3) is 0.0870. The predicted molar refractivity (Wildman–Crippen MR) is 119 cm³/mol. The topological polar surface area (TPSA) is 7.12 Å².